The third-order valence-corrected chi connectivity index (χ3v) is 6.73. The summed E-state index contributed by atoms with van der Waals surface area (Å²) in [4.78, 5) is 30.3. The minimum absolute atomic E-state index is 0.124. The summed E-state index contributed by atoms with van der Waals surface area (Å²) in [6, 6.07) is 22.6. The van der Waals surface area contributed by atoms with Gasteiger partial charge >= 0.3 is 0 Å². The molecule has 0 aliphatic carbocycles. The summed E-state index contributed by atoms with van der Waals surface area (Å²) in [5.41, 5.74) is 3.00. The van der Waals surface area contributed by atoms with Crippen LogP contribution in [0, 0.1) is 0 Å². The van der Waals surface area contributed by atoms with Crippen LogP contribution in [0.3, 0.4) is 0 Å². The van der Waals surface area contributed by atoms with Crippen LogP contribution in [0.2, 0.25) is 15.1 Å². The molecule has 38 heavy (non-hydrogen) atoms. The van der Waals surface area contributed by atoms with E-state index in [-0.39, 0.29) is 21.3 Å². The van der Waals surface area contributed by atoms with Crippen molar-refractivity contribution in [2.24, 2.45) is 0 Å². The topological polar surface area (TPSA) is 73.2 Å². The number of pyridine rings is 1. The third-order valence-electron chi connectivity index (χ3n) is 5.91. The summed E-state index contributed by atoms with van der Waals surface area (Å²) < 4.78 is 8.08. The van der Waals surface area contributed by atoms with Gasteiger partial charge in [-0.15, -0.1) is 0 Å². The molecule has 6 nitrogen and oxygen atoms in total. The van der Waals surface area contributed by atoms with Crippen molar-refractivity contribution in [3.63, 3.8) is 0 Å². The van der Waals surface area contributed by atoms with Crippen molar-refractivity contribution in [3.05, 3.63) is 123 Å². The zero-order valence-electron chi connectivity index (χ0n) is 19.8. The second-order valence-electron chi connectivity index (χ2n) is 8.49. The maximum atomic E-state index is 13.4. The first-order chi connectivity index (χ1) is 18.4. The number of para-hydroxylation sites is 1. The van der Waals surface area contributed by atoms with Crippen LogP contribution >= 0.6 is 34.8 Å². The van der Waals surface area contributed by atoms with Crippen LogP contribution in [-0.4, -0.2) is 21.2 Å². The number of nitrogens with zero attached hydrogens (tertiary/aromatic N) is 2. The molecule has 0 saturated heterocycles. The predicted molar refractivity (Wildman–Crippen MR) is 150 cm³/mol. The standard InChI is InChI=1S/C29H20Cl3N3O3/c30-20-11-9-18(10-12-20)15-35-16-22(28(36)29(37)34-26-23(31)13-33-14-24(26)32)21-7-4-8-25(27(21)35)38-17-19-5-2-1-3-6-19/h1-14,16H,15,17H2,(H,33,34,37). The Morgan fingerprint density at radius 2 is 1.55 bits per heavy atom. The molecule has 0 spiro atoms. The number of ether oxygens (including phenoxy) is 1. The molecule has 0 unspecified atom stereocenters. The van der Waals surface area contributed by atoms with Gasteiger partial charge in [0, 0.05) is 35.5 Å². The second-order valence-corrected chi connectivity index (χ2v) is 9.74. The lowest BCUT2D eigenvalue weighted by molar-refractivity contribution is -0.112. The molecule has 9 heteroatoms. The van der Waals surface area contributed by atoms with Gasteiger partial charge in [-0.1, -0.05) is 89.4 Å². The first kappa shape index (κ1) is 25.8. The Morgan fingerprint density at radius 3 is 2.26 bits per heavy atom. The van der Waals surface area contributed by atoms with Crippen molar-refractivity contribution in [1.82, 2.24) is 9.55 Å². The van der Waals surface area contributed by atoms with E-state index in [0.717, 1.165) is 11.1 Å². The Morgan fingerprint density at radius 1 is 0.842 bits per heavy atom. The number of rotatable bonds is 8. The smallest absolute Gasteiger partial charge is 0.296 e. The van der Waals surface area contributed by atoms with Crippen molar-refractivity contribution in [2.45, 2.75) is 13.2 Å². The van der Waals surface area contributed by atoms with Gasteiger partial charge in [-0.05, 0) is 29.3 Å². The van der Waals surface area contributed by atoms with E-state index in [1.165, 1.54) is 12.4 Å². The number of amides is 1. The van der Waals surface area contributed by atoms with Crippen LogP contribution in [0.25, 0.3) is 10.9 Å². The summed E-state index contributed by atoms with van der Waals surface area (Å²) in [5, 5.41) is 3.98. The van der Waals surface area contributed by atoms with Crippen LogP contribution in [0.5, 0.6) is 5.75 Å². The summed E-state index contributed by atoms with van der Waals surface area (Å²) in [6.45, 7) is 0.769. The van der Waals surface area contributed by atoms with Crippen LogP contribution in [0.15, 0.2) is 91.4 Å². The Hall–Kier alpha value is -3.84. The number of halogens is 3. The molecule has 0 fully saturated rings. The van der Waals surface area contributed by atoms with Gasteiger partial charge in [-0.25, -0.2) is 0 Å². The van der Waals surface area contributed by atoms with E-state index in [1.54, 1.807) is 30.5 Å². The van der Waals surface area contributed by atoms with E-state index < -0.39 is 11.7 Å². The van der Waals surface area contributed by atoms with E-state index in [4.69, 9.17) is 39.5 Å². The van der Waals surface area contributed by atoms with E-state index >= 15 is 0 Å². The summed E-state index contributed by atoms with van der Waals surface area (Å²) in [6.07, 6.45) is 4.33. The van der Waals surface area contributed by atoms with Gasteiger partial charge in [0.15, 0.2) is 0 Å². The van der Waals surface area contributed by atoms with Gasteiger partial charge in [-0.2, -0.15) is 0 Å². The predicted octanol–water partition coefficient (Wildman–Crippen LogP) is 7.45. The Bertz CT molecular complexity index is 1610. The van der Waals surface area contributed by atoms with Crippen molar-refractivity contribution < 1.29 is 14.3 Å². The maximum Gasteiger partial charge on any atom is 0.296 e. The lowest BCUT2D eigenvalue weighted by Gasteiger charge is -2.12. The molecule has 1 N–H and O–H groups in total. The first-order valence-electron chi connectivity index (χ1n) is 11.6. The molecular formula is C29H20Cl3N3O3. The molecule has 0 atom stereocenters. The largest absolute Gasteiger partial charge is 0.487 e. The van der Waals surface area contributed by atoms with Gasteiger partial charge < -0.3 is 14.6 Å². The Balaban J connectivity index is 1.53. The van der Waals surface area contributed by atoms with Crippen molar-refractivity contribution in [1.29, 1.82) is 0 Å². The lowest BCUT2D eigenvalue weighted by Crippen LogP contribution is -2.23. The molecule has 2 aromatic heterocycles. The number of hydrogen-bond acceptors (Lipinski definition) is 4. The summed E-state index contributed by atoms with van der Waals surface area (Å²) >= 11 is 18.3. The molecule has 0 radical (unpaired) electrons. The molecule has 1 amide bonds. The van der Waals surface area contributed by atoms with E-state index in [1.807, 2.05) is 53.1 Å². The number of nitrogens with one attached hydrogen (secondary N) is 1. The molecule has 3 aromatic carbocycles. The second kappa shape index (κ2) is 11.3. The molecule has 190 valence electrons. The average Bonchev–Trinajstić information content (AvgIpc) is 3.29. The zero-order valence-corrected chi connectivity index (χ0v) is 22.1. The number of carbonyl (C=O) groups excluding carboxylic acids is 2. The number of Topliss-reactive ketones (excluding diaryl/α,β-unsaturated/α-hetero) is 1. The van der Waals surface area contributed by atoms with E-state index in [2.05, 4.69) is 10.3 Å². The monoisotopic (exact) mass is 563 g/mol. The van der Waals surface area contributed by atoms with Gasteiger partial charge in [0.1, 0.15) is 12.4 Å². The average molecular weight is 565 g/mol. The molecule has 0 saturated carbocycles. The molecule has 5 aromatic rings. The fourth-order valence-electron chi connectivity index (χ4n) is 4.09. The normalized spacial score (nSPS) is 10.9. The minimum atomic E-state index is -0.874. The summed E-state index contributed by atoms with van der Waals surface area (Å²) in [7, 11) is 0. The van der Waals surface area contributed by atoms with Crippen molar-refractivity contribution in [3.8, 4) is 5.75 Å². The highest BCUT2D eigenvalue weighted by Crippen LogP contribution is 2.33. The highest BCUT2D eigenvalue weighted by molar-refractivity contribution is 6.50. The number of hydrogen-bond donors (Lipinski definition) is 1. The SMILES string of the molecule is O=C(Nc1c(Cl)cncc1Cl)C(=O)c1cn(Cc2ccc(Cl)cc2)c2c(OCc3ccccc3)cccc12. The fourth-order valence-corrected chi connectivity index (χ4v) is 4.68. The molecule has 0 aliphatic rings. The van der Waals surface area contributed by atoms with Crippen LogP contribution in [-0.2, 0) is 17.9 Å². The molecule has 2 heterocycles. The number of aromatic nitrogens is 2. The van der Waals surface area contributed by atoms with Crippen LogP contribution < -0.4 is 10.1 Å². The van der Waals surface area contributed by atoms with Gasteiger partial charge in [-0.3, -0.25) is 14.6 Å². The molecule has 0 bridgehead atoms. The number of benzene rings is 3. The van der Waals surface area contributed by atoms with E-state index in [9.17, 15) is 9.59 Å². The van der Waals surface area contributed by atoms with Gasteiger partial charge in [0.2, 0.25) is 0 Å². The highest BCUT2D eigenvalue weighted by Gasteiger charge is 2.25. The van der Waals surface area contributed by atoms with Gasteiger partial charge in [0.05, 0.1) is 26.8 Å². The third kappa shape index (κ3) is 5.53. The summed E-state index contributed by atoms with van der Waals surface area (Å²) in [5.74, 6) is -1.03. The number of anilines is 1. The Labute approximate surface area is 233 Å². The molecule has 0 aliphatic heterocycles. The van der Waals surface area contributed by atoms with Crippen molar-refractivity contribution in [2.75, 3.05) is 5.32 Å². The minimum Gasteiger partial charge on any atom is -0.487 e. The number of carbonyl (C=O) groups is 2. The van der Waals surface area contributed by atoms with Crippen molar-refractivity contribution >= 4 is 63.1 Å². The van der Waals surface area contributed by atoms with Gasteiger partial charge in [0.25, 0.3) is 11.7 Å². The van der Waals surface area contributed by atoms with Crippen LogP contribution in [0.1, 0.15) is 21.5 Å². The first-order valence-corrected chi connectivity index (χ1v) is 12.7. The lowest BCUT2D eigenvalue weighted by atomic mass is 10.1. The highest BCUT2D eigenvalue weighted by atomic mass is 35.5. The van der Waals surface area contributed by atoms with Crippen LogP contribution in [0.4, 0.5) is 5.69 Å². The van der Waals surface area contributed by atoms with E-state index in [0.29, 0.717) is 34.8 Å². The molecular weight excluding hydrogens is 545 g/mol. The number of fused-ring (bicyclic) bond motifs is 1. The fraction of sp³-hybridized carbons (Fsp3) is 0.0690. The number of ketones is 1. The maximum absolute atomic E-state index is 13.4. The zero-order chi connectivity index (χ0) is 26.6. The Kier molecular flexibility index (Phi) is 7.65. The quantitative estimate of drug-likeness (QED) is 0.157. The molecule has 5 rings (SSSR count).